The van der Waals surface area contributed by atoms with Gasteiger partial charge in [0, 0.05) is 5.92 Å². The van der Waals surface area contributed by atoms with Crippen molar-refractivity contribution in [3.8, 4) is 0 Å². The van der Waals surface area contributed by atoms with E-state index < -0.39 is 35.4 Å². The molecule has 1 aliphatic heterocycles. The number of aliphatic hydroxyl groups excluding tert-OH is 1. The monoisotopic (exact) mass is 329 g/mol. The highest BCUT2D eigenvalue weighted by Crippen LogP contribution is 2.35. The molecule has 1 amide bonds. The molecule has 132 valence electrons. The third-order valence-electron chi connectivity index (χ3n) is 4.09. The predicted molar refractivity (Wildman–Crippen MR) is 82.4 cm³/mol. The van der Waals surface area contributed by atoms with Crippen LogP contribution < -0.4 is 5.32 Å². The van der Waals surface area contributed by atoms with E-state index in [9.17, 15) is 19.5 Å². The third kappa shape index (κ3) is 4.02. The molecule has 2 atom stereocenters. The lowest BCUT2D eigenvalue weighted by molar-refractivity contribution is -0.169. The van der Waals surface area contributed by atoms with Crippen molar-refractivity contribution in [1.29, 1.82) is 0 Å². The van der Waals surface area contributed by atoms with E-state index >= 15 is 0 Å². The first-order valence-corrected chi connectivity index (χ1v) is 8.30. The SMILES string of the molecule is CCCCCC[C@@H]1[C@@H](O)C(=O)NC1(C(=O)OCC)C(=O)OCC. The number of rotatable bonds is 9. The van der Waals surface area contributed by atoms with Crippen LogP contribution >= 0.6 is 0 Å². The summed E-state index contributed by atoms with van der Waals surface area (Å²) in [6, 6.07) is 0. The quantitative estimate of drug-likeness (QED) is 0.371. The fourth-order valence-corrected chi connectivity index (χ4v) is 2.92. The predicted octanol–water partition coefficient (Wildman–Crippen LogP) is 0.929. The number of hydrogen-bond acceptors (Lipinski definition) is 6. The van der Waals surface area contributed by atoms with Crippen LogP contribution in [0, 0.1) is 5.92 Å². The Hall–Kier alpha value is -1.63. The third-order valence-corrected chi connectivity index (χ3v) is 4.09. The van der Waals surface area contributed by atoms with Crippen LogP contribution in [-0.4, -0.2) is 47.8 Å². The van der Waals surface area contributed by atoms with Crippen molar-refractivity contribution >= 4 is 17.8 Å². The molecule has 7 heteroatoms. The smallest absolute Gasteiger partial charge is 0.344 e. The summed E-state index contributed by atoms with van der Waals surface area (Å²) in [5.74, 6) is -3.37. The fourth-order valence-electron chi connectivity index (χ4n) is 2.92. The van der Waals surface area contributed by atoms with Crippen LogP contribution in [0.3, 0.4) is 0 Å². The first kappa shape index (κ1) is 19.4. The molecule has 0 bridgehead atoms. The minimum absolute atomic E-state index is 0.0640. The average molecular weight is 329 g/mol. The molecule has 1 rings (SSSR count). The van der Waals surface area contributed by atoms with E-state index in [0.29, 0.717) is 12.8 Å². The van der Waals surface area contributed by atoms with E-state index in [0.717, 1.165) is 19.3 Å². The molecule has 0 aromatic heterocycles. The van der Waals surface area contributed by atoms with Crippen molar-refractivity contribution < 1.29 is 29.0 Å². The zero-order valence-corrected chi connectivity index (χ0v) is 14.1. The summed E-state index contributed by atoms with van der Waals surface area (Å²) in [7, 11) is 0. The van der Waals surface area contributed by atoms with Gasteiger partial charge in [-0.2, -0.15) is 0 Å². The molecular weight excluding hydrogens is 302 g/mol. The maximum absolute atomic E-state index is 12.4. The van der Waals surface area contributed by atoms with Crippen molar-refractivity contribution in [1.82, 2.24) is 5.32 Å². The molecule has 1 saturated heterocycles. The molecule has 0 aliphatic carbocycles. The molecule has 0 saturated carbocycles. The van der Waals surface area contributed by atoms with Gasteiger partial charge in [0.05, 0.1) is 13.2 Å². The van der Waals surface area contributed by atoms with Crippen LogP contribution in [0.4, 0.5) is 0 Å². The van der Waals surface area contributed by atoms with E-state index in [1.807, 2.05) is 0 Å². The first-order valence-electron chi connectivity index (χ1n) is 8.30. The van der Waals surface area contributed by atoms with Crippen LogP contribution in [0.2, 0.25) is 0 Å². The second-order valence-corrected chi connectivity index (χ2v) is 5.64. The molecule has 2 N–H and O–H groups in total. The molecule has 0 aromatic carbocycles. The average Bonchev–Trinajstić information content (AvgIpc) is 2.77. The molecule has 0 spiro atoms. The Morgan fingerprint density at radius 1 is 1.09 bits per heavy atom. The second-order valence-electron chi connectivity index (χ2n) is 5.64. The van der Waals surface area contributed by atoms with E-state index in [4.69, 9.17) is 9.47 Å². The second kappa shape index (κ2) is 8.86. The molecule has 1 fully saturated rings. The van der Waals surface area contributed by atoms with E-state index in [1.54, 1.807) is 13.8 Å². The largest absolute Gasteiger partial charge is 0.464 e. The van der Waals surface area contributed by atoms with Gasteiger partial charge in [-0.1, -0.05) is 32.6 Å². The van der Waals surface area contributed by atoms with Gasteiger partial charge in [0.25, 0.3) is 5.91 Å². The number of amides is 1. The fraction of sp³-hybridized carbons (Fsp3) is 0.812. The molecular formula is C16H27NO6. The number of carbonyl (C=O) groups excluding carboxylic acids is 3. The Kier molecular flexibility index (Phi) is 7.48. The maximum atomic E-state index is 12.4. The summed E-state index contributed by atoms with van der Waals surface area (Å²) in [5.41, 5.74) is -1.95. The molecule has 1 aliphatic rings. The number of esters is 2. The highest BCUT2D eigenvalue weighted by Gasteiger charge is 2.64. The standard InChI is InChI=1S/C16H27NO6/c1-4-7-8-9-10-11-12(18)13(19)17-16(11,14(20)22-5-2)15(21)23-6-3/h11-12,18H,4-10H2,1-3H3,(H,17,19)/t11-,12-/m1/s1. The van der Waals surface area contributed by atoms with Crippen LogP contribution in [-0.2, 0) is 23.9 Å². The molecule has 1 heterocycles. The molecule has 0 radical (unpaired) electrons. The van der Waals surface area contributed by atoms with Crippen molar-refractivity contribution in [2.24, 2.45) is 5.92 Å². The van der Waals surface area contributed by atoms with Crippen LogP contribution in [0.25, 0.3) is 0 Å². The number of nitrogens with one attached hydrogen (secondary N) is 1. The zero-order chi connectivity index (χ0) is 17.5. The van der Waals surface area contributed by atoms with Crippen LogP contribution in [0.15, 0.2) is 0 Å². The molecule has 0 unspecified atom stereocenters. The van der Waals surface area contributed by atoms with Crippen molar-refractivity contribution in [2.45, 2.75) is 64.5 Å². The summed E-state index contributed by atoms with van der Waals surface area (Å²) in [6.07, 6.45) is 2.57. The number of ether oxygens (including phenoxy) is 2. The Labute approximate surface area is 136 Å². The Morgan fingerprint density at radius 3 is 2.13 bits per heavy atom. The minimum Gasteiger partial charge on any atom is -0.464 e. The van der Waals surface area contributed by atoms with Gasteiger partial charge < -0.3 is 19.9 Å². The molecule has 23 heavy (non-hydrogen) atoms. The number of unbranched alkanes of at least 4 members (excludes halogenated alkanes) is 3. The lowest BCUT2D eigenvalue weighted by Gasteiger charge is -2.30. The topological polar surface area (TPSA) is 102 Å². The Morgan fingerprint density at radius 2 is 1.65 bits per heavy atom. The van der Waals surface area contributed by atoms with Crippen LogP contribution in [0.1, 0.15) is 52.9 Å². The van der Waals surface area contributed by atoms with Crippen molar-refractivity contribution in [3.63, 3.8) is 0 Å². The number of aliphatic hydroxyl groups is 1. The number of hydrogen-bond donors (Lipinski definition) is 2. The zero-order valence-electron chi connectivity index (χ0n) is 14.1. The molecule has 7 nitrogen and oxygen atoms in total. The summed E-state index contributed by atoms with van der Waals surface area (Å²) in [4.78, 5) is 36.8. The number of carbonyl (C=O) groups is 3. The van der Waals surface area contributed by atoms with E-state index in [1.165, 1.54) is 0 Å². The van der Waals surface area contributed by atoms with Crippen molar-refractivity contribution in [3.05, 3.63) is 0 Å². The highest BCUT2D eigenvalue weighted by molar-refractivity contribution is 6.11. The first-order chi connectivity index (χ1) is 10.9. The van der Waals surface area contributed by atoms with Gasteiger partial charge in [0.2, 0.25) is 5.54 Å². The Balaban J connectivity index is 3.08. The summed E-state index contributed by atoms with van der Waals surface area (Å²) >= 11 is 0. The minimum atomic E-state index is -1.95. The summed E-state index contributed by atoms with van der Waals surface area (Å²) < 4.78 is 9.97. The van der Waals surface area contributed by atoms with E-state index in [2.05, 4.69) is 12.2 Å². The highest BCUT2D eigenvalue weighted by atomic mass is 16.6. The lowest BCUT2D eigenvalue weighted by atomic mass is 9.80. The normalized spacial score (nSPS) is 22.5. The van der Waals surface area contributed by atoms with Crippen molar-refractivity contribution in [2.75, 3.05) is 13.2 Å². The van der Waals surface area contributed by atoms with Gasteiger partial charge in [0.1, 0.15) is 6.10 Å². The van der Waals surface area contributed by atoms with Gasteiger partial charge in [-0.15, -0.1) is 0 Å². The summed E-state index contributed by atoms with van der Waals surface area (Å²) in [6.45, 7) is 5.42. The van der Waals surface area contributed by atoms with Gasteiger partial charge in [-0.3, -0.25) is 4.79 Å². The van der Waals surface area contributed by atoms with Gasteiger partial charge in [-0.05, 0) is 20.3 Å². The summed E-state index contributed by atoms with van der Waals surface area (Å²) in [5, 5.41) is 12.5. The van der Waals surface area contributed by atoms with Gasteiger partial charge >= 0.3 is 11.9 Å². The maximum Gasteiger partial charge on any atom is 0.344 e. The van der Waals surface area contributed by atoms with Crippen LogP contribution in [0.5, 0.6) is 0 Å². The van der Waals surface area contributed by atoms with E-state index in [-0.39, 0.29) is 13.2 Å². The van der Waals surface area contributed by atoms with Gasteiger partial charge in [0.15, 0.2) is 0 Å². The Bertz CT molecular complexity index is 418. The van der Waals surface area contributed by atoms with Gasteiger partial charge in [-0.25, -0.2) is 9.59 Å². The molecule has 0 aromatic rings. The lowest BCUT2D eigenvalue weighted by Crippen LogP contribution is -2.61.